The summed E-state index contributed by atoms with van der Waals surface area (Å²) in [6, 6.07) is 53.4. The molecule has 1 aliphatic heterocycles. The molecule has 1 heterocycles. The lowest BCUT2D eigenvalue weighted by molar-refractivity contribution is 0.165. The van der Waals surface area contributed by atoms with Gasteiger partial charge >= 0.3 is 0 Å². The van der Waals surface area contributed by atoms with Gasteiger partial charge in [0.25, 0.3) is 0 Å². The Morgan fingerprint density at radius 3 is 2.23 bits per heavy atom. The van der Waals surface area contributed by atoms with Crippen molar-refractivity contribution in [3.05, 3.63) is 179 Å². The van der Waals surface area contributed by atoms with Crippen molar-refractivity contribution in [2.45, 2.75) is 38.1 Å². The van der Waals surface area contributed by atoms with E-state index in [-0.39, 0.29) is 17.7 Å². The van der Waals surface area contributed by atoms with Gasteiger partial charge in [0, 0.05) is 28.9 Å². The molecule has 48 heavy (non-hydrogen) atoms. The van der Waals surface area contributed by atoms with Crippen molar-refractivity contribution in [2.24, 2.45) is 0 Å². The number of nitriles is 1. The van der Waals surface area contributed by atoms with Crippen LogP contribution < -0.4 is 16.1 Å². The molecule has 2 atom stereocenters. The van der Waals surface area contributed by atoms with Crippen LogP contribution in [0.1, 0.15) is 59.6 Å². The molecule has 1 fully saturated rings. The lowest BCUT2D eigenvalue weighted by atomic mass is 9.81. The van der Waals surface area contributed by atoms with Crippen molar-refractivity contribution in [1.82, 2.24) is 15.8 Å². The number of hydrazine groups is 1. The first-order valence-electron chi connectivity index (χ1n) is 16.5. The molecule has 3 N–H and O–H groups in total. The fourth-order valence-corrected chi connectivity index (χ4v) is 7.34. The highest BCUT2D eigenvalue weighted by atomic mass is 15.6. The van der Waals surface area contributed by atoms with Crippen molar-refractivity contribution in [3.8, 4) is 28.3 Å². The molecule has 8 rings (SSSR count). The van der Waals surface area contributed by atoms with Crippen LogP contribution in [0.5, 0.6) is 0 Å². The molecule has 1 aliphatic carbocycles. The summed E-state index contributed by atoms with van der Waals surface area (Å²) >= 11 is 0. The molecule has 6 aromatic carbocycles. The SMILES string of the molecule is CC1(C)c2ccccc2-c2cc(Nc3cccc(C4NC(c5ccccc5)N(Cc5cccc(C#N)c5)N4)c3)c(-c3ccccc3)cc21. The molecular weight excluding hydrogens is 587 g/mol. The van der Waals surface area contributed by atoms with E-state index in [2.05, 4.69) is 162 Å². The van der Waals surface area contributed by atoms with Crippen molar-refractivity contribution < 1.29 is 0 Å². The number of nitrogens with zero attached hydrogens (tertiary/aromatic N) is 2. The topological polar surface area (TPSA) is 63.1 Å². The highest BCUT2D eigenvalue weighted by molar-refractivity contribution is 5.91. The Hall–Kier alpha value is -5.51. The van der Waals surface area contributed by atoms with Gasteiger partial charge in [-0.3, -0.25) is 5.32 Å². The Kier molecular flexibility index (Phi) is 7.63. The first-order chi connectivity index (χ1) is 23.5. The number of fused-ring (bicyclic) bond motifs is 3. The molecule has 0 saturated carbocycles. The third-order valence-corrected chi connectivity index (χ3v) is 9.76. The van der Waals surface area contributed by atoms with Crippen LogP contribution in [-0.2, 0) is 12.0 Å². The van der Waals surface area contributed by atoms with E-state index in [1.54, 1.807) is 0 Å². The van der Waals surface area contributed by atoms with Gasteiger partial charge in [0.1, 0.15) is 6.17 Å². The number of hydrogen-bond donors (Lipinski definition) is 3. The minimum Gasteiger partial charge on any atom is -0.355 e. The van der Waals surface area contributed by atoms with Gasteiger partial charge in [0.05, 0.1) is 17.8 Å². The van der Waals surface area contributed by atoms with Crippen LogP contribution in [-0.4, -0.2) is 5.01 Å². The first kappa shape index (κ1) is 29.9. The molecule has 1 saturated heterocycles. The van der Waals surface area contributed by atoms with Crippen LogP contribution in [0.4, 0.5) is 11.4 Å². The van der Waals surface area contributed by atoms with E-state index in [1.165, 1.54) is 38.9 Å². The predicted octanol–water partition coefficient (Wildman–Crippen LogP) is 9.58. The van der Waals surface area contributed by atoms with Gasteiger partial charge in [0.2, 0.25) is 0 Å². The Morgan fingerprint density at radius 2 is 1.42 bits per heavy atom. The fourth-order valence-electron chi connectivity index (χ4n) is 7.34. The third-order valence-electron chi connectivity index (χ3n) is 9.76. The van der Waals surface area contributed by atoms with Crippen molar-refractivity contribution >= 4 is 11.4 Å². The van der Waals surface area contributed by atoms with Gasteiger partial charge in [-0.05, 0) is 80.9 Å². The van der Waals surface area contributed by atoms with Crippen LogP contribution in [0.2, 0.25) is 0 Å². The number of nitrogens with one attached hydrogen (secondary N) is 3. The summed E-state index contributed by atoms with van der Waals surface area (Å²) in [5.74, 6) is 0. The monoisotopic (exact) mass is 623 g/mol. The molecule has 6 aromatic rings. The smallest absolute Gasteiger partial charge is 0.101 e. The quantitative estimate of drug-likeness (QED) is 0.165. The standard InChI is InChI=1S/C43H37N5/c1-43(2)38-22-10-9-21-35(38)37-26-40(36(25-39(37)43)31-15-5-3-6-16-31)45-34-20-12-19-33(24-34)41-46-42(32-17-7-4-8-18-32)48(47-41)28-30-14-11-13-29(23-30)27-44/h3-26,41-42,45-47H,28H2,1-2H3. The Labute approximate surface area is 282 Å². The van der Waals surface area contributed by atoms with Gasteiger partial charge in [0.15, 0.2) is 0 Å². The van der Waals surface area contributed by atoms with Gasteiger partial charge in [-0.15, -0.1) is 0 Å². The molecule has 0 spiro atoms. The van der Waals surface area contributed by atoms with Gasteiger partial charge < -0.3 is 5.32 Å². The van der Waals surface area contributed by atoms with Gasteiger partial charge in [-0.2, -0.15) is 5.26 Å². The van der Waals surface area contributed by atoms with E-state index < -0.39 is 0 Å². The van der Waals surface area contributed by atoms with E-state index in [9.17, 15) is 5.26 Å². The van der Waals surface area contributed by atoms with E-state index >= 15 is 0 Å². The van der Waals surface area contributed by atoms with Crippen LogP contribution in [0.15, 0.2) is 146 Å². The molecule has 5 nitrogen and oxygen atoms in total. The van der Waals surface area contributed by atoms with Crippen molar-refractivity contribution in [1.29, 1.82) is 5.26 Å². The molecule has 2 unspecified atom stereocenters. The summed E-state index contributed by atoms with van der Waals surface area (Å²) in [4.78, 5) is 0. The molecular formula is C43H37N5. The second kappa shape index (κ2) is 12.3. The van der Waals surface area contributed by atoms with E-state index in [4.69, 9.17) is 0 Å². The van der Waals surface area contributed by atoms with Crippen LogP contribution >= 0.6 is 0 Å². The first-order valence-corrected chi connectivity index (χ1v) is 16.5. The van der Waals surface area contributed by atoms with Gasteiger partial charge in [-0.25, -0.2) is 10.4 Å². The predicted molar refractivity (Wildman–Crippen MR) is 194 cm³/mol. The molecule has 0 amide bonds. The van der Waals surface area contributed by atoms with Crippen LogP contribution in [0.25, 0.3) is 22.3 Å². The minimum absolute atomic E-state index is 0.0524. The lowest BCUT2D eigenvalue weighted by Crippen LogP contribution is -2.33. The molecule has 0 bridgehead atoms. The normalized spacial score (nSPS) is 17.8. The zero-order chi connectivity index (χ0) is 32.7. The van der Waals surface area contributed by atoms with Gasteiger partial charge in [-0.1, -0.05) is 123 Å². The largest absolute Gasteiger partial charge is 0.355 e. The summed E-state index contributed by atoms with van der Waals surface area (Å²) in [6.45, 7) is 5.30. The zero-order valence-electron chi connectivity index (χ0n) is 27.1. The second-order valence-corrected chi connectivity index (χ2v) is 13.2. The summed E-state index contributed by atoms with van der Waals surface area (Å²) in [7, 11) is 0. The maximum Gasteiger partial charge on any atom is 0.101 e. The Bertz CT molecular complexity index is 2150. The number of anilines is 2. The number of benzene rings is 6. The zero-order valence-corrected chi connectivity index (χ0v) is 27.1. The molecule has 5 heteroatoms. The highest BCUT2D eigenvalue weighted by Crippen LogP contribution is 2.51. The Morgan fingerprint density at radius 1 is 0.688 bits per heavy atom. The minimum atomic E-state index is -0.114. The summed E-state index contributed by atoms with van der Waals surface area (Å²) in [5, 5.41) is 19.4. The van der Waals surface area contributed by atoms with Crippen molar-refractivity contribution in [3.63, 3.8) is 0 Å². The lowest BCUT2D eigenvalue weighted by Gasteiger charge is -2.24. The number of hydrogen-bond acceptors (Lipinski definition) is 5. The average Bonchev–Trinajstić information content (AvgIpc) is 3.65. The third kappa shape index (κ3) is 5.46. The van der Waals surface area contributed by atoms with Crippen molar-refractivity contribution in [2.75, 3.05) is 5.32 Å². The Balaban J connectivity index is 1.13. The molecule has 2 aliphatic rings. The summed E-state index contributed by atoms with van der Waals surface area (Å²) < 4.78 is 0. The molecule has 0 radical (unpaired) electrons. The maximum absolute atomic E-state index is 9.47. The summed E-state index contributed by atoms with van der Waals surface area (Å²) in [6.07, 6.45) is -0.166. The van der Waals surface area contributed by atoms with Crippen LogP contribution in [0, 0.1) is 11.3 Å². The van der Waals surface area contributed by atoms with E-state index in [1.807, 2.05) is 24.3 Å². The second-order valence-electron chi connectivity index (χ2n) is 13.2. The summed E-state index contributed by atoms with van der Waals surface area (Å²) in [5.41, 5.74) is 17.5. The number of rotatable bonds is 7. The average molecular weight is 624 g/mol. The maximum atomic E-state index is 9.47. The highest BCUT2D eigenvalue weighted by Gasteiger charge is 2.36. The molecule has 234 valence electrons. The fraction of sp³-hybridized carbons (Fsp3) is 0.140. The van der Waals surface area contributed by atoms with Crippen LogP contribution in [0.3, 0.4) is 0 Å². The van der Waals surface area contributed by atoms with E-state index in [0.717, 1.165) is 22.5 Å². The molecule has 0 aromatic heterocycles. The van der Waals surface area contributed by atoms with E-state index in [0.29, 0.717) is 12.1 Å².